The lowest BCUT2D eigenvalue weighted by Gasteiger charge is -2.25. The molecule has 138 valence electrons. The first-order chi connectivity index (χ1) is 12.5. The van der Waals surface area contributed by atoms with E-state index in [0.29, 0.717) is 17.5 Å². The van der Waals surface area contributed by atoms with Crippen LogP contribution in [-0.2, 0) is 19.6 Å². The Bertz CT molecular complexity index is 643. The molecule has 0 aromatic heterocycles. The Morgan fingerprint density at radius 3 is 1.62 bits per heavy atom. The number of unbranched alkanes of at least 4 members (excludes halogenated alkanes) is 1. The summed E-state index contributed by atoms with van der Waals surface area (Å²) in [5.74, 6) is -2.73. The summed E-state index contributed by atoms with van der Waals surface area (Å²) in [5, 5.41) is 0. The molecule has 2 aromatic rings. The molecule has 0 amide bonds. The van der Waals surface area contributed by atoms with E-state index in [-0.39, 0.29) is 0 Å². The van der Waals surface area contributed by atoms with E-state index in [4.69, 9.17) is 19.6 Å². The van der Waals surface area contributed by atoms with Gasteiger partial charge in [-0.3, -0.25) is 9.78 Å². The number of rotatable bonds is 9. The first-order valence-corrected chi connectivity index (χ1v) is 8.44. The highest BCUT2D eigenvalue weighted by atomic mass is 17.3. The molecule has 0 aliphatic heterocycles. The molecule has 0 heterocycles. The Morgan fingerprint density at radius 1 is 0.808 bits per heavy atom. The number of carbonyl (C=O) groups is 2. The molecular formula is C20H22O6. The third-order valence-electron chi connectivity index (χ3n) is 3.59. The maximum absolute atomic E-state index is 12.0. The van der Waals surface area contributed by atoms with Crippen molar-refractivity contribution in [3.8, 4) is 0 Å². The lowest BCUT2D eigenvalue weighted by atomic mass is 10.1. The van der Waals surface area contributed by atoms with Gasteiger partial charge in [-0.1, -0.05) is 49.7 Å². The monoisotopic (exact) mass is 358 g/mol. The molecule has 6 heteroatoms. The minimum atomic E-state index is -1.41. The molecule has 2 aromatic carbocycles. The molecule has 0 radical (unpaired) electrons. The minimum Gasteiger partial charge on any atom is -0.290 e. The zero-order chi connectivity index (χ0) is 18.8. The fourth-order valence-corrected chi connectivity index (χ4v) is 2.09. The van der Waals surface area contributed by atoms with Gasteiger partial charge < -0.3 is 0 Å². The van der Waals surface area contributed by atoms with Crippen LogP contribution < -0.4 is 0 Å². The van der Waals surface area contributed by atoms with Gasteiger partial charge in [0, 0.05) is 6.42 Å². The second-order valence-corrected chi connectivity index (χ2v) is 5.88. The van der Waals surface area contributed by atoms with Crippen molar-refractivity contribution in [2.45, 2.75) is 38.9 Å². The molecule has 0 N–H and O–H groups in total. The van der Waals surface area contributed by atoms with Crippen molar-refractivity contribution in [3.63, 3.8) is 0 Å². The summed E-state index contributed by atoms with van der Waals surface area (Å²) >= 11 is 0. The minimum absolute atomic E-state index is 0.339. The van der Waals surface area contributed by atoms with Gasteiger partial charge in [0.05, 0.1) is 11.1 Å². The van der Waals surface area contributed by atoms with E-state index >= 15 is 0 Å². The Labute approximate surface area is 152 Å². The summed E-state index contributed by atoms with van der Waals surface area (Å²) in [7, 11) is 0. The zero-order valence-electron chi connectivity index (χ0n) is 14.8. The number of benzene rings is 2. The quantitative estimate of drug-likeness (QED) is 0.374. The van der Waals surface area contributed by atoms with Crippen LogP contribution in [0.1, 0.15) is 53.8 Å². The average Bonchev–Trinajstić information content (AvgIpc) is 2.70. The summed E-state index contributed by atoms with van der Waals surface area (Å²) in [6, 6.07) is 16.8. The molecule has 0 saturated carbocycles. The summed E-state index contributed by atoms with van der Waals surface area (Å²) in [6.07, 6.45) is 1.96. The molecule has 0 aliphatic carbocycles. The SMILES string of the molecule is CCCCC(C)(OOC(=O)c1ccccc1)OOC(=O)c1ccccc1. The molecule has 0 aliphatic rings. The van der Waals surface area contributed by atoms with Gasteiger partial charge in [-0.15, -0.1) is 9.78 Å². The third-order valence-corrected chi connectivity index (χ3v) is 3.59. The van der Waals surface area contributed by atoms with Gasteiger partial charge in [0.25, 0.3) is 5.79 Å². The average molecular weight is 358 g/mol. The van der Waals surface area contributed by atoms with Crippen LogP contribution in [0.3, 0.4) is 0 Å². The normalized spacial score (nSPS) is 11.0. The predicted molar refractivity (Wildman–Crippen MR) is 93.8 cm³/mol. The molecule has 0 saturated heterocycles. The van der Waals surface area contributed by atoms with Crippen molar-refractivity contribution in [2.75, 3.05) is 0 Å². The summed E-state index contributed by atoms with van der Waals surface area (Å²) < 4.78 is 0. The van der Waals surface area contributed by atoms with Crippen LogP contribution in [0.4, 0.5) is 0 Å². The first-order valence-electron chi connectivity index (χ1n) is 8.44. The molecule has 0 fully saturated rings. The van der Waals surface area contributed by atoms with Gasteiger partial charge >= 0.3 is 11.9 Å². The van der Waals surface area contributed by atoms with E-state index < -0.39 is 17.7 Å². The molecule has 0 atom stereocenters. The van der Waals surface area contributed by atoms with Crippen molar-refractivity contribution >= 4 is 11.9 Å². The third kappa shape index (κ3) is 5.98. The van der Waals surface area contributed by atoms with Crippen LogP contribution in [0, 0.1) is 0 Å². The highest BCUT2D eigenvalue weighted by Gasteiger charge is 2.33. The van der Waals surface area contributed by atoms with Gasteiger partial charge in [-0.05, 0) is 37.6 Å². The molecule has 0 spiro atoms. The molecule has 6 nitrogen and oxygen atoms in total. The van der Waals surface area contributed by atoms with E-state index in [0.717, 1.165) is 12.8 Å². The Kier molecular flexibility index (Phi) is 7.32. The lowest BCUT2D eigenvalue weighted by Crippen LogP contribution is -2.34. The molecule has 0 unspecified atom stereocenters. The standard InChI is InChI=1S/C20H22O6/c1-3-4-15-20(2,25-23-18(21)16-11-7-5-8-12-16)26-24-19(22)17-13-9-6-10-14-17/h5-14H,3-4,15H2,1-2H3. The van der Waals surface area contributed by atoms with Gasteiger partial charge in [0.15, 0.2) is 0 Å². The van der Waals surface area contributed by atoms with Gasteiger partial charge in [0.1, 0.15) is 0 Å². The van der Waals surface area contributed by atoms with Crippen molar-refractivity contribution in [3.05, 3.63) is 71.8 Å². The number of carbonyl (C=O) groups excluding carboxylic acids is 2. The highest BCUT2D eigenvalue weighted by molar-refractivity contribution is 5.89. The number of hydrogen-bond donors (Lipinski definition) is 0. The van der Waals surface area contributed by atoms with Crippen LogP contribution in [0.15, 0.2) is 60.7 Å². The lowest BCUT2D eigenvalue weighted by molar-refractivity contribution is -0.471. The number of hydrogen-bond acceptors (Lipinski definition) is 6. The summed E-state index contributed by atoms with van der Waals surface area (Å²) in [6.45, 7) is 3.53. The van der Waals surface area contributed by atoms with Crippen molar-refractivity contribution < 1.29 is 29.1 Å². The first kappa shape index (κ1) is 19.6. The van der Waals surface area contributed by atoms with Crippen molar-refractivity contribution in [1.82, 2.24) is 0 Å². The van der Waals surface area contributed by atoms with Crippen LogP contribution >= 0.6 is 0 Å². The Morgan fingerprint density at radius 2 is 1.23 bits per heavy atom. The van der Waals surface area contributed by atoms with E-state index in [1.807, 2.05) is 6.92 Å². The van der Waals surface area contributed by atoms with E-state index in [1.165, 1.54) is 0 Å². The van der Waals surface area contributed by atoms with Crippen LogP contribution in [0.2, 0.25) is 0 Å². The maximum Gasteiger partial charge on any atom is 0.373 e. The highest BCUT2D eigenvalue weighted by Crippen LogP contribution is 2.23. The second-order valence-electron chi connectivity index (χ2n) is 5.88. The Balaban J connectivity index is 1.95. The fraction of sp³-hybridized carbons (Fsp3) is 0.300. The van der Waals surface area contributed by atoms with E-state index in [1.54, 1.807) is 67.6 Å². The fourth-order valence-electron chi connectivity index (χ4n) is 2.09. The molecular weight excluding hydrogens is 336 g/mol. The second kappa shape index (κ2) is 9.70. The van der Waals surface area contributed by atoms with Crippen molar-refractivity contribution in [2.24, 2.45) is 0 Å². The van der Waals surface area contributed by atoms with Gasteiger partial charge in [-0.2, -0.15) is 0 Å². The summed E-state index contributed by atoms with van der Waals surface area (Å²) in [5.41, 5.74) is 0.679. The van der Waals surface area contributed by atoms with Crippen LogP contribution in [0.5, 0.6) is 0 Å². The Hall–Kier alpha value is -2.70. The van der Waals surface area contributed by atoms with Crippen LogP contribution in [0.25, 0.3) is 0 Å². The van der Waals surface area contributed by atoms with Crippen molar-refractivity contribution in [1.29, 1.82) is 0 Å². The van der Waals surface area contributed by atoms with Crippen LogP contribution in [-0.4, -0.2) is 17.7 Å². The molecule has 26 heavy (non-hydrogen) atoms. The largest absolute Gasteiger partial charge is 0.373 e. The van der Waals surface area contributed by atoms with Gasteiger partial charge in [0.2, 0.25) is 0 Å². The van der Waals surface area contributed by atoms with Gasteiger partial charge in [-0.25, -0.2) is 9.59 Å². The summed E-state index contributed by atoms with van der Waals surface area (Å²) in [4.78, 5) is 44.1. The van der Waals surface area contributed by atoms with E-state index in [9.17, 15) is 9.59 Å². The maximum atomic E-state index is 12.0. The topological polar surface area (TPSA) is 71.1 Å². The smallest absolute Gasteiger partial charge is 0.290 e. The predicted octanol–water partition coefficient (Wildman–Crippen LogP) is 4.47. The zero-order valence-corrected chi connectivity index (χ0v) is 14.8. The molecule has 0 bridgehead atoms. The van der Waals surface area contributed by atoms with E-state index in [2.05, 4.69) is 0 Å². The molecule has 2 rings (SSSR count).